The van der Waals surface area contributed by atoms with Crippen LogP contribution in [0.15, 0.2) is 12.1 Å². The van der Waals surface area contributed by atoms with E-state index in [4.69, 9.17) is 10.00 Å². The molecule has 1 aromatic carbocycles. The summed E-state index contributed by atoms with van der Waals surface area (Å²) in [6.45, 7) is 2.84. The third-order valence-corrected chi connectivity index (χ3v) is 3.27. The number of anilines is 1. The monoisotopic (exact) mass is 276 g/mol. The van der Waals surface area contributed by atoms with Crippen LogP contribution >= 0.6 is 0 Å². The van der Waals surface area contributed by atoms with Gasteiger partial charge in [0.25, 0.3) is 0 Å². The van der Waals surface area contributed by atoms with Gasteiger partial charge < -0.3 is 10.1 Å². The number of rotatable bonds is 7. The van der Waals surface area contributed by atoms with Gasteiger partial charge in [-0.1, -0.05) is 0 Å². The Hall–Kier alpha value is -1.93. The number of nitrogens with one attached hydrogen (secondary N) is 1. The van der Waals surface area contributed by atoms with E-state index in [0.29, 0.717) is 18.8 Å². The molecule has 0 amide bonds. The Kier molecular flexibility index (Phi) is 4.70. The molecule has 2 rings (SSSR count). The van der Waals surface area contributed by atoms with Gasteiger partial charge in [0.1, 0.15) is 18.5 Å². The van der Waals surface area contributed by atoms with Gasteiger partial charge in [-0.25, -0.2) is 4.39 Å². The van der Waals surface area contributed by atoms with E-state index in [1.165, 1.54) is 12.1 Å². The van der Waals surface area contributed by atoms with E-state index in [1.807, 2.05) is 6.07 Å². The summed E-state index contributed by atoms with van der Waals surface area (Å²) >= 11 is 0. The number of aryl methyl sites for hydroxylation is 1. The fraction of sp³-hybridized carbons (Fsp3) is 0.467. The lowest BCUT2D eigenvalue weighted by Crippen LogP contribution is -2.16. The number of carbonyl (C=O) groups excluding carboxylic acids is 1. The minimum absolute atomic E-state index is 0.0166. The zero-order chi connectivity index (χ0) is 14.5. The molecule has 1 aliphatic rings. The number of ether oxygens (including phenoxy) is 1. The van der Waals surface area contributed by atoms with Crippen LogP contribution in [-0.2, 0) is 9.53 Å². The van der Waals surface area contributed by atoms with Crippen LogP contribution < -0.4 is 5.32 Å². The highest BCUT2D eigenvalue weighted by Crippen LogP contribution is 2.29. The highest BCUT2D eigenvalue weighted by molar-refractivity contribution is 5.84. The van der Waals surface area contributed by atoms with Crippen molar-refractivity contribution in [2.24, 2.45) is 5.92 Å². The number of nitriles is 1. The van der Waals surface area contributed by atoms with Crippen LogP contribution in [0.2, 0.25) is 0 Å². The van der Waals surface area contributed by atoms with Crippen LogP contribution in [-0.4, -0.2) is 25.5 Å². The third kappa shape index (κ3) is 3.78. The summed E-state index contributed by atoms with van der Waals surface area (Å²) in [5, 5.41) is 11.9. The number of nitrogens with zero attached hydrogens (tertiary/aromatic N) is 1. The van der Waals surface area contributed by atoms with Crippen LogP contribution in [0.5, 0.6) is 0 Å². The van der Waals surface area contributed by atoms with Crippen molar-refractivity contribution in [2.45, 2.75) is 19.8 Å². The molecule has 20 heavy (non-hydrogen) atoms. The maximum absolute atomic E-state index is 13.3. The van der Waals surface area contributed by atoms with Crippen molar-refractivity contribution in [1.82, 2.24) is 0 Å². The lowest BCUT2D eigenvalue weighted by atomic mass is 10.1. The van der Waals surface area contributed by atoms with Gasteiger partial charge in [0, 0.05) is 18.2 Å². The Morgan fingerprint density at radius 3 is 2.95 bits per heavy atom. The van der Waals surface area contributed by atoms with Gasteiger partial charge >= 0.3 is 0 Å². The number of hydrogen-bond acceptors (Lipinski definition) is 4. The number of Topliss-reactive ketones (excluding diaryl/α,β-unsaturated/α-hetero) is 1. The SMILES string of the molecule is Cc1cc(F)c(C#N)cc1NCCOCC(=O)C1CC1. The molecule has 0 saturated heterocycles. The Labute approximate surface area is 117 Å². The number of benzene rings is 1. The van der Waals surface area contributed by atoms with E-state index in [2.05, 4.69) is 5.32 Å². The maximum atomic E-state index is 13.3. The van der Waals surface area contributed by atoms with Gasteiger partial charge in [-0.2, -0.15) is 5.26 Å². The predicted molar refractivity (Wildman–Crippen MR) is 72.9 cm³/mol. The molecule has 0 bridgehead atoms. The van der Waals surface area contributed by atoms with Crippen molar-refractivity contribution in [3.8, 4) is 6.07 Å². The van der Waals surface area contributed by atoms with Crippen molar-refractivity contribution >= 4 is 11.5 Å². The maximum Gasteiger partial charge on any atom is 0.161 e. The topological polar surface area (TPSA) is 62.1 Å². The van der Waals surface area contributed by atoms with E-state index < -0.39 is 5.82 Å². The Balaban J connectivity index is 1.76. The van der Waals surface area contributed by atoms with Gasteiger partial charge in [-0.15, -0.1) is 0 Å². The van der Waals surface area contributed by atoms with E-state index in [9.17, 15) is 9.18 Å². The van der Waals surface area contributed by atoms with Gasteiger partial charge in [-0.3, -0.25) is 4.79 Å². The zero-order valence-electron chi connectivity index (χ0n) is 11.4. The number of ketones is 1. The number of carbonyl (C=O) groups is 1. The molecule has 0 aliphatic heterocycles. The summed E-state index contributed by atoms with van der Waals surface area (Å²) in [5.74, 6) is -0.114. The van der Waals surface area contributed by atoms with Crippen molar-refractivity contribution < 1.29 is 13.9 Å². The third-order valence-electron chi connectivity index (χ3n) is 3.27. The summed E-state index contributed by atoms with van der Waals surface area (Å²) in [6.07, 6.45) is 1.98. The molecule has 0 aromatic heterocycles. The van der Waals surface area contributed by atoms with E-state index >= 15 is 0 Å². The van der Waals surface area contributed by atoms with Crippen LogP contribution in [0.1, 0.15) is 24.0 Å². The number of halogens is 1. The molecule has 1 fully saturated rings. The predicted octanol–water partition coefficient (Wildman–Crippen LogP) is 2.41. The van der Waals surface area contributed by atoms with Gasteiger partial charge in [-0.05, 0) is 37.5 Å². The van der Waals surface area contributed by atoms with Gasteiger partial charge in [0.15, 0.2) is 5.78 Å². The quantitative estimate of drug-likeness (QED) is 0.777. The van der Waals surface area contributed by atoms with Crippen LogP contribution in [0.3, 0.4) is 0 Å². The van der Waals surface area contributed by atoms with Crippen molar-refractivity contribution in [3.63, 3.8) is 0 Å². The minimum Gasteiger partial charge on any atom is -0.382 e. The van der Waals surface area contributed by atoms with E-state index in [0.717, 1.165) is 18.4 Å². The summed E-state index contributed by atoms with van der Waals surface area (Å²) in [4.78, 5) is 11.4. The molecule has 0 heterocycles. The summed E-state index contributed by atoms with van der Waals surface area (Å²) in [6, 6.07) is 4.63. The highest BCUT2D eigenvalue weighted by atomic mass is 19.1. The number of hydrogen-bond donors (Lipinski definition) is 1. The molecule has 106 valence electrons. The first-order valence-electron chi connectivity index (χ1n) is 6.66. The van der Waals surface area contributed by atoms with E-state index in [-0.39, 0.29) is 23.9 Å². The fourth-order valence-corrected chi connectivity index (χ4v) is 1.90. The largest absolute Gasteiger partial charge is 0.382 e. The molecule has 1 aromatic rings. The lowest BCUT2D eigenvalue weighted by Gasteiger charge is -2.10. The van der Waals surface area contributed by atoms with Crippen molar-refractivity contribution in [2.75, 3.05) is 25.1 Å². The Morgan fingerprint density at radius 2 is 2.30 bits per heavy atom. The summed E-state index contributed by atoms with van der Waals surface area (Å²) in [5.41, 5.74) is 1.46. The first kappa shape index (κ1) is 14.5. The lowest BCUT2D eigenvalue weighted by molar-refractivity contribution is -0.124. The Morgan fingerprint density at radius 1 is 1.55 bits per heavy atom. The summed E-state index contributed by atoms with van der Waals surface area (Å²) in [7, 11) is 0. The second-order valence-corrected chi connectivity index (χ2v) is 4.98. The summed E-state index contributed by atoms with van der Waals surface area (Å²) < 4.78 is 18.6. The van der Waals surface area contributed by atoms with Crippen molar-refractivity contribution in [1.29, 1.82) is 5.26 Å². The first-order chi connectivity index (χ1) is 9.61. The molecule has 4 nitrogen and oxygen atoms in total. The molecular formula is C15H17FN2O2. The zero-order valence-corrected chi connectivity index (χ0v) is 11.4. The molecule has 5 heteroatoms. The molecular weight excluding hydrogens is 259 g/mol. The van der Waals surface area contributed by atoms with E-state index in [1.54, 1.807) is 6.92 Å². The second kappa shape index (κ2) is 6.49. The fourth-order valence-electron chi connectivity index (χ4n) is 1.90. The van der Waals surface area contributed by atoms with Crippen LogP contribution in [0.4, 0.5) is 10.1 Å². The van der Waals surface area contributed by atoms with Crippen LogP contribution in [0, 0.1) is 30.0 Å². The second-order valence-electron chi connectivity index (χ2n) is 4.98. The highest BCUT2D eigenvalue weighted by Gasteiger charge is 2.28. The molecule has 1 N–H and O–H groups in total. The first-order valence-corrected chi connectivity index (χ1v) is 6.66. The molecule has 0 radical (unpaired) electrons. The molecule has 0 atom stereocenters. The minimum atomic E-state index is -0.512. The molecule has 0 unspecified atom stereocenters. The van der Waals surface area contributed by atoms with Gasteiger partial charge in [0.05, 0.1) is 12.2 Å². The standard InChI is InChI=1S/C15H17FN2O2/c1-10-6-13(16)12(8-17)7-14(10)18-4-5-20-9-15(19)11-2-3-11/h6-7,11,18H,2-5,9H2,1H3. The average Bonchev–Trinajstić information content (AvgIpc) is 3.24. The molecule has 0 spiro atoms. The normalized spacial score (nSPS) is 13.8. The van der Waals surface area contributed by atoms with Gasteiger partial charge in [0.2, 0.25) is 0 Å². The van der Waals surface area contributed by atoms with Crippen LogP contribution in [0.25, 0.3) is 0 Å². The Bertz CT molecular complexity index is 548. The van der Waals surface area contributed by atoms with Crippen molar-refractivity contribution in [3.05, 3.63) is 29.1 Å². The molecule has 1 saturated carbocycles. The average molecular weight is 276 g/mol. The molecule has 1 aliphatic carbocycles. The smallest absolute Gasteiger partial charge is 0.161 e.